The van der Waals surface area contributed by atoms with E-state index in [0.717, 1.165) is 52.0 Å². The van der Waals surface area contributed by atoms with Gasteiger partial charge in [-0.15, -0.1) is 0 Å². The molecule has 0 atom stereocenters. The lowest BCUT2D eigenvalue weighted by molar-refractivity contribution is 0.317. The van der Waals surface area contributed by atoms with Crippen molar-refractivity contribution < 1.29 is 4.74 Å². The molecule has 0 unspecified atom stereocenters. The number of fused-ring (bicyclic) bond motifs is 2. The van der Waals surface area contributed by atoms with Crippen LogP contribution >= 0.6 is 0 Å². The Morgan fingerprint density at radius 2 is 1.40 bits per heavy atom. The first-order valence-corrected chi connectivity index (χ1v) is 8.62. The molecule has 0 aliphatic carbocycles. The summed E-state index contributed by atoms with van der Waals surface area (Å²) in [7, 11) is 0. The SMILES string of the molecule is CCCOc1ccc(Nc2c3ccccc3nc3ccccc23)cc1. The molecule has 1 heterocycles. The second kappa shape index (κ2) is 6.81. The number of benzene rings is 3. The Bertz CT molecular complexity index is 955. The maximum atomic E-state index is 5.66. The molecule has 4 rings (SSSR count). The third-order valence-corrected chi connectivity index (χ3v) is 4.18. The van der Waals surface area contributed by atoms with Crippen LogP contribution in [0.1, 0.15) is 13.3 Å². The fourth-order valence-electron chi connectivity index (χ4n) is 2.97. The van der Waals surface area contributed by atoms with Crippen LogP contribution in [0, 0.1) is 0 Å². The van der Waals surface area contributed by atoms with E-state index in [1.54, 1.807) is 0 Å². The van der Waals surface area contributed by atoms with Crippen molar-refractivity contribution in [2.75, 3.05) is 11.9 Å². The summed E-state index contributed by atoms with van der Waals surface area (Å²) in [5.41, 5.74) is 4.10. The minimum absolute atomic E-state index is 0.742. The number of hydrogen-bond donors (Lipinski definition) is 1. The van der Waals surface area contributed by atoms with Gasteiger partial charge in [-0.05, 0) is 42.8 Å². The molecule has 25 heavy (non-hydrogen) atoms. The van der Waals surface area contributed by atoms with E-state index in [0.29, 0.717) is 0 Å². The summed E-state index contributed by atoms with van der Waals surface area (Å²) >= 11 is 0. The molecule has 3 heteroatoms. The Balaban J connectivity index is 1.76. The van der Waals surface area contributed by atoms with Gasteiger partial charge in [-0.2, -0.15) is 0 Å². The van der Waals surface area contributed by atoms with Gasteiger partial charge < -0.3 is 10.1 Å². The van der Waals surface area contributed by atoms with Crippen LogP contribution < -0.4 is 10.1 Å². The first-order chi connectivity index (χ1) is 12.3. The second-order valence-electron chi connectivity index (χ2n) is 6.02. The van der Waals surface area contributed by atoms with Crippen molar-refractivity contribution in [1.29, 1.82) is 0 Å². The first kappa shape index (κ1) is 15.5. The van der Waals surface area contributed by atoms with Gasteiger partial charge in [0, 0.05) is 16.5 Å². The molecule has 0 aliphatic heterocycles. The van der Waals surface area contributed by atoms with E-state index < -0.39 is 0 Å². The molecule has 0 bridgehead atoms. The molecule has 0 saturated heterocycles. The number of para-hydroxylation sites is 2. The van der Waals surface area contributed by atoms with Crippen LogP contribution in [-0.2, 0) is 0 Å². The maximum Gasteiger partial charge on any atom is 0.119 e. The Kier molecular flexibility index (Phi) is 4.21. The topological polar surface area (TPSA) is 34.1 Å². The highest BCUT2D eigenvalue weighted by molar-refractivity contribution is 6.08. The van der Waals surface area contributed by atoms with E-state index >= 15 is 0 Å². The summed E-state index contributed by atoms with van der Waals surface area (Å²) in [5, 5.41) is 5.81. The second-order valence-corrected chi connectivity index (χ2v) is 6.02. The van der Waals surface area contributed by atoms with Gasteiger partial charge in [-0.3, -0.25) is 0 Å². The van der Waals surface area contributed by atoms with E-state index in [2.05, 4.69) is 48.6 Å². The van der Waals surface area contributed by atoms with Gasteiger partial charge in [0.1, 0.15) is 5.75 Å². The number of pyridine rings is 1. The Morgan fingerprint density at radius 1 is 0.800 bits per heavy atom. The summed E-state index contributed by atoms with van der Waals surface area (Å²) < 4.78 is 5.66. The van der Waals surface area contributed by atoms with Gasteiger partial charge in [-0.25, -0.2) is 4.98 Å². The van der Waals surface area contributed by atoms with E-state index in [-0.39, 0.29) is 0 Å². The standard InChI is InChI=1S/C22H20N2O/c1-2-15-25-17-13-11-16(12-14-17)23-22-18-7-3-5-9-20(18)24-21-10-6-4-8-19(21)22/h3-14H,2,15H2,1H3,(H,23,24). The largest absolute Gasteiger partial charge is 0.494 e. The van der Waals surface area contributed by atoms with Crippen LogP contribution in [0.4, 0.5) is 11.4 Å². The Labute approximate surface area is 147 Å². The molecule has 124 valence electrons. The van der Waals surface area contributed by atoms with Crippen molar-refractivity contribution in [3.05, 3.63) is 72.8 Å². The zero-order valence-corrected chi connectivity index (χ0v) is 14.2. The van der Waals surface area contributed by atoms with Crippen LogP contribution in [0.25, 0.3) is 21.8 Å². The third kappa shape index (κ3) is 3.13. The average molecular weight is 328 g/mol. The molecule has 0 fully saturated rings. The lowest BCUT2D eigenvalue weighted by atomic mass is 10.1. The van der Waals surface area contributed by atoms with Crippen LogP contribution in [0.5, 0.6) is 5.75 Å². The lowest BCUT2D eigenvalue weighted by Gasteiger charge is -2.14. The van der Waals surface area contributed by atoms with Gasteiger partial charge in [0.25, 0.3) is 0 Å². The van der Waals surface area contributed by atoms with Crippen molar-refractivity contribution in [2.24, 2.45) is 0 Å². The van der Waals surface area contributed by atoms with Crippen LogP contribution in [0.15, 0.2) is 72.8 Å². The molecule has 3 nitrogen and oxygen atoms in total. The minimum atomic E-state index is 0.742. The van der Waals surface area contributed by atoms with Gasteiger partial charge in [0.15, 0.2) is 0 Å². The van der Waals surface area contributed by atoms with E-state index in [1.165, 1.54) is 0 Å². The highest BCUT2D eigenvalue weighted by atomic mass is 16.5. The zero-order valence-electron chi connectivity index (χ0n) is 14.2. The number of ether oxygens (including phenoxy) is 1. The van der Waals surface area contributed by atoms with Crippen LogP contribution in [-0.4, -0.2) is 11.6 Å². The quantitative estimate of drug-likeness (QED) is 0.462. The van der Waals surface area contributed by atoms with Crippen molar-refractivity contribution >= 4 is 33.2 Å². The molecule has 0 spiro atoms. The molecule has 1 N–H and O–H groups in total. The molecule has 1 aromatic heterocycles. The van der Waals surface area contributed by atoms with Crippen LogP contribution in [0.3, 0.4) is 0 Å². The number of hydrogen-bond acceptors (Lipinski definition) is 3. The predicted molar refractivity (Wildman–Crippen MR) is 105 cm³/mol. The Hall–Kier alpha value is -3.07. The van der Waals surface area contributed by atoms with Crippen molar-refractivity contribution in [3.63, 3.8) is 0 Å². The van der Waals surface area contributed by atoms with E-state index in [4.69, 9.17) is 9.72 Å². The highest BCUT2D eigenvalue weighted by Gasteiger charge is 2.09. The number of anilines is 2. The summed E-state index contributed by atoms with van der Waals surface area (Å²) in [6, 6.07) is 24.6. The van der Waals surface area contributed by atoms with Gasteiger partial charge in [-0.1, -0.05) is 43.3 Å². The molecule has 3 aromatic carbocycles. The van der Waals surface area contributed by atoms with E-state index in [9.17, 15) is 0 Å². The normalized spacial score (nSPS) is 10.9. The molecule has 0 aliphatic rings. The maximum absolute atomic E-state index is 5.66. The summed E-state index contributed by atoms with van der Waals surface area (Å²) in [6.07, 6.45) is 1.01. The zero-order chi connectivity index (χ0) is 17.1. The van der Waals surface area contributed by atoms with Gasteiger partial charge in [0.2, 0.25) is 0 Å². The molecule has 4 aromatic rings. The van der Waals surface area contributed by atoms with E-state index in [1.807, 2.05) is 36.4 Å². The number of nitrogens with one attached hydrogen (secondary N) is 1. The fraction of sp³-hybridized carbons (Fsp3) is 0.136. The van der Waals surface area contributed by atoms with Crippen LogP contribution in [0.2, 0.25) is 0 Å². The molecule has 0 saturated carbocycles. The number of nitrogens with zero attached hydrogens (tertiary/aromatic N) is 1. The fourth-order valence-corrected chi connectivity index (χ4v) is 2.97. The lowest BCUT2D eigenvalue weighted by Crippen LogP contribution is -1.97. The van der Waals surface area contributed by atoms with Crippen molar-refractivity contribution in [3.8, 4) is 5.75 Å². The summed E-state index contributed by atoms with van der Waals surface area (Å²) in [5.74, 6) is 0.900. The predicted octanol–water partition coefficient (Wildman–Crippen LogP) is 5.92. The first-order valence-electron chi connectivity index (χ1n) is 8.62. The molecular formula is C22H20N2O. The average Bonchev–Trinajstić information content (AvgIpc) is 2.67. The minimum Gasteiger partial charge on any atom is -0.494 e. The summed E-state index contributed by atoms with van der Waals surface area (Å²) in [4.78, 5) is 4.77. The number of aromatic nitrogens is 1. The van der Waals surface area contributed by atoms with Crippen molar-refractivity contribution in [1.82, 2.24) is 4.98 Å². The summed E-state index contributed by atoms with van der Waals surface area (Å²) in [6.45, 7) is 2.85. The van der Waals surface area contributed by atoms with Gasteiger partial charge >= 0.3 is 0 Å². The molecular weight excluding hydrogens is 308 g/mol. The Morgan fingerprint density at radius 3 is 2.00 bits per heavy atom. The van der Waals surface area contributed by atoms with Crippen molar-refractivity contribution in [2.45, 2.75) is 13.3 Å². The van der Waals surface area contributed by atoms with Gasteiger partial charge in [0.05, 0.1) is 23.3 Å². The molecule has 0 amide bonds. The molecule has 0 radical (unpaired) electrons. The third-order valence-electron chi connectivity index (χ3n) is 4.18. The smallest absolute Gasteiger partial charge is 0.119 e. The number of rotatable bonds is 5. The monoisotopic (exact) mass is 328 g/mol. The highest BCUT2D eigenvalue weighted by Crippen LogP contribution is 2.33.